The molecule has 0 radical (unpaired) electrons. The second kappa shape index (κ2) is 84.1. The van der Waals surface area contributed by atoms with E-state index in [-0.39, 0.29) is 25.7 Å². The van der Waals surface area contributed by atoms with E-state index in [1.165, 1.54) is 321 Å². The van der Waals surface area contributed by atoms with Crippen LogP contribution in [-0.4, -0.2) is 96.7 Å². The summed E-state index contributed by atoms with van der Waals surface area (Å²) in [6.07, 6.45) is 79.4. The van der Waals surface area contributed by atoms with Crippen molar-refractivity contribution in [3.05, 3.63) is 0 Å². The molecule has 0 spiro atoms. The fraction of sp³-hybridized carbons (Fsp3) is 0.957. The van der Waals surface area contributed by atoms with E-state index in [1.807, 2.05) is 0 Å². The Hall–Kier alpha value is -1.94. The van der Waals surface area contributed by atoms with Crippen LogP contribution in [0.2, 0.25) is 0 Å². The summed E-state index contributed by atoms with van der Waals surface area (Å²) >= 11 is 0. The summed E-state index contributed by atoms with van der Waals surface area (Å²) in [7, 11) is -9.94. The Labute approximate surface area is 689 Å². The van der Waals surface area contributed by atoms with Crippen LogP contribution in [0.4, 0.5) is 0 Å². The van der Waals surface area contributed by atoms with Gasteiger partial charge in [-0.3, -0.25) is 37.3 Å². The second-order valence-electron chi connectivity index (χ2n) is 34.4. The molecule has 19 heteroatoms. The first-order valence-electron chi connectivity index (χ1n) is 48.0. The number of hydrogen-bond acceptors (Lipinski definition) is 15. The van der Waals surface area contributed by atoms with Crippen LogP contribution in [-0.2, 0) is 65.4 Å². The highest BCUT2D eigenvalue weighted by Gasteiger charge is 2.31. The van der Waals surface area contributed by atoms with Gasteiger partial charge >= 0.3 is 39.5 Å². The Morgan fingerprint density at radius 2 is 0.411 bits per heavy atom. The van der Waals surface area contributed by atoms with Crippen LogP contribution in [0.1, 0.15) is 504 Å². The number of esters is 4. The molecule has 0 aromatic heterocycles. The number of carbonyl (C=O) groups excluding carboxylic acids is 4. The first-order chi connectivity index (χ1) is 54.4. The molecule has 2 unspecified atom stereocenters. The van der Waals surface area contributed by atoms with Gasteiger partial charge < -0.3 is 33.8 Å². The largest absolute Gasteiger partial charge is 0.472 e. The topological polar surface area (TPSA) is 237 Å². The summed E-state index contributed by atoms with van der Waals surface area (Å²) in [5, 5.41) is 10.7. The smallest absolute Gasteiger partial charge is 0.462 e. The average Bonchev–Trinajstić information content (AvgIpc) is 0.897. The lowest BCUT2D eigenvalue weighted by atomic mass is 10.0. The first kappa shape index (κ1) is 110. The van der Waals surface area contributed by atoms with Gasteiger partial charge in [-0.1, -0.05) is 452 Å². The van der Waals surface area contributed by atoms with Crippen LogP contribution in [0.25, 0.3) is 0 Å². The zero-order valence-corrected chi connectivity index (χ0v) is 75.8. The third kappa shape index (κ3) is 85.9. The molecule has 0 rings (SSSR count). The Bertz CT molecular complexity index is 2130. The van der Waals surface area contributed by atoms with Crippen molar-refractivity contribution in [1.29, 1.82) is 0 Å². The van der Waals surface area contributed by atoms with E-state index in [9.17, 15) is 43.2 Å². The molecule has 0 saturated heterocycles. The number of carbonyl (C=O) groups is 4. The SMILES string of the molecule is CCCCCCCCCCCCCCCCCCCCCCCCC(=O)O[C@H](COC(=O)CCCCCCCCCCCCCCCCCCCCC(C)C)COP(=O)(O)OC[C@@H](O)COP(=O)(O)OC[C@@H](COC(=O)CCCCCCCCCCCC)OC(=O)CCCCCCCCCCCCCCCCCCC(C)C. The van der Waals surface area contributed by atoms with Gasteiger partial charge in [-0.25, -0.2) is 9.13 Å². The molecule has 112 heavy (non-hydrogen) atoms. The van der Waals surface area contributed by atoms with Gasteiger partial charge in [0.1, 0.15) is 19.3 Å². The molecule has 0 heterocycles. The van der Waals surface area contributed by atoms with Gasteiger partial charge in [0.2, 0.25) is 0 Å². The van der Waals surface area contributed by atoms with Crippen molar-refractivity contribution >= 4 is 39.5 Å². The zero-order valence-electron chi connectivity index (χ0n) is 74.0. The van der Waals surface area contributed by atoms with Gasteiger partial charge in [0.25, 0.3) is 0 Å². The molecule has 3 N–H and O–H groups in total. The zero-order chi connectivity index (χ0) is 82.0. The highest BCUT2D eigenvalue weighted by atomic mass is 31.2. The van der Waals surface area contributed by atoms with E-state index >= 15 is 0 Å². The number of rotatable bonds is 92. The molecule has 0 fully saturated rings. The molecule has 0 amide bonds. The lowest BCUT2D eigenvalue weighted by Gasteiger charge is -2.21. The first-order valence-corrected chi connectivity index (χ1v) is 51.0. The quantitative estimate of drug-likeness (QED) is 0.0222. The molecule has 0 aliphatic rings. The van der Waals surface area contributed by atoms with Crippen LogP contribution < -0.4 is 0 Å². The number of aliphatic hydroxyl groups excluding tert-OH is 1. The van der Waals surface area contributed by atoms with Gasteiger partial charge in [0.05, 0.1) is 26.4 Å². The number of phosphoric ester groups is 2. The number of phosphoric acid groups is 2. The lowest BCUT2D eigenvalue weighted by molar-refractivity contribution is -0.161. The van der Waals surface area contributed by atoms with Gasteiger partial charge in [0.15, 0.2) is 12.2 Å². The normalized spacial score (nSPS) is 13.7. The van der Waals surface area contributed by atoms with Crippen molar-refractivity contribution in [1.82, 2.24) is 0 Å². The number of hydrogen-bond donors (Lipinski definition) is 3. The van der Waals surface area contributed by atoms with Gasteiger partial charge in [0, 0.05) is 25.7 Å². The van der Waals surface area contributed by atoms with Crippen LogP contribution >= 0.6 is 15.6 Å². The van der Waals surface area contributed by atoms with E-state index < -0.39 is 97.5 Å². The van der Waals surface area contributed by atoms with Gasteiger partial charge in [-0.05, 0) is 37.5 Å². The predicted octanol–water partition coefficient (Wildman–Crippen LogP) is 29.0. The van der Waals surface area contributed by atoms with E-state index in [2.05, 4.69) is 41.5 Å². The molecule has 0 saturated carbocycles. The van der Waals surface area contributed by atoms with Crippen molar-refractivity contribution in [3.8, 4) is 0 Å². The molecule has 666 valence electrons. The minimum Gasteiger partial charge on any atom is -0.462 e. The van der Waals surface area contributed by atoms with E-state index in [4.69, 9.17) is 37.0 Å². The third-order valence-corrected chi connectivity index (χ3v) is 23.9. The van der Waals surface area contributed by atoms with Crippen molar-refractivity contribution < 1.29 is 80.2 Å². The fourth-order valence-corrected chi connectivity index (χ4v) is 16.2. The summed E-state index contributed by atoms with van der Waals surface area (Å²) < 4.78 is 69.1. The van der Waals surface area contributed by atoms with Crippen LogP contribution in [0.15, 0.2) is 0 Å². The molecule has 0 aromatic carbocycles. The maximum absolute atomic E-state index is 13.2. The van der Waals surface area contributed by atoms with Crippen molar-refractivity contribution in [3.63, 3.8) is 0 Å². The molecular formula is C93H182O17P2. The van der Waals surface area contributed by atoms with Gasteiger partial charge in [-0.2, -0.15) is 0 Å². The summed E-state index contributed by atoms with van der Waals surface area (Å²) in [5.41, 5.74) is 0. The summed E-state index contributed by atoms with van der Waals surface area (Å²) in [4.78, 5) is 73.4. The van der Waals surface area contributed by atoms with Crippen molar-refractivity contribution in [2.45, 2.75) is 522 Å². The second-order valence-corrected chi connectivity index (χ2v) is 37.3. The molecule has 5 atom stereocenters. The highest BCUT2D eigenvalue weighted by molar-refractivity contribution is 7.47. The highest BCUT2D eigenvalue weighted by Crippen LogP contribution is 2.45. The number of ether oxygens (including phenoxy) is 4. The minimum atomic E-state index is -4.97. The van der Waals surface area contributed by atoms with Crippen LogP contribution in [0.5, 0.6) is 0 Å². The summed E-state index contributed by atoms with van der Waals surface area (Å²) in [5.74, 6) is -0.462. The van der Waals surface area contributed by atoms with Crippen LogP contribution in [0, 0.1) is 11.8 Å². The van der Waals surface area contributed by atoms with Crippen molar-refractivity contribution in [2.24, 2.45) is 11.8 Å². The van der Waals surface area contributed by atoms with E-state index in [0.29, 0.717) is 25.7 Å². The lowest BCUT2D eigenvalue weighted by Crippen LogP contribution is -2.30. The Kier molecular flexibility index (Phi) is 82.6. The molecule has 0 aliphatic heterocycles. The summed E-state index contributed by atoms with van der Waals surface area (Å²) in [6.45, 7) is 9.77. The predicted molar refractivity (Wildman–Crippen MR) is 465 cm³/mol. The molecule has 0 aliphatic carbocycles. The maximum atomic E-state index is 13.2. The molecule has 0 bridgehead atoms. The minimum absolute atomic E-state index is 0.109. The monoisotopic (exact) mass is 1630 g/mol. The van der Waals surface area contributed by atoms with Gasteiger partial charge in [-0.15, -0.1) is 0 Å². The molecule has 0 aromatic rings. The van der Waals surface area contributed by atoms with E-state index in [0.717, 1.165) is 102 Å². The number of unbranched alkanes of at least 4 members (excludes halogenated alkanes) is 62. The Morgan fingerprint density at radius 1 is 0.241 bits per heavy atom. The maximum Gasteiger partial charge on any atom is 0.472 e. The third-order valence-electron chi connectivity index (χ3n) is 22.0. The molecular weight excluding hydrogens is 1450 g/mol. The van der Waals surface area contributed by atoms with Crippen molar-refractivity contribution in [2.75, 3.05) is 39.6 Å². The standard InChI is InChI=1S/C93H182O17P2/c1-7-9-11-13-15-17-19-20-21-22-23-24-25-26-31-37-42-47-53-59-65-71-77-93(98)110-89(82-104-91(96)76-70-64-58-52-46-41-36-30-28-27-29-34-39-44-49-55-61-67-73-85(3)4)84-108-112(101,102)106-80-87(94)79-105-111(99,100)107-83-88(81-103-90(95)75-69-63-57-51-18-16-14-12-10-8-2)109-92(97)78-72-66-60-54-48-43-38-33-32-35-40-45-50-56-62-68-74-86(5)6/h85-89,94H,7-84H2,1-6H3,(H,99,100)(H,101,102)/t87-,88+,89+/m0/s1. The Morgan fingerprint density at radius 3 is 0.607 bits per heavy atom. The van der Waals surface area contributed by atoms with E-state index in [1.54, 1.807) is 0 Å². The Balaban J connectivity index is 5.21. The average molecular weight is 1630 g/mol. The number of aliphatic hydroxyl groups is 1. The fourth-order valence-electron chi connectivity index (χ4n) is 14.7. The molecule has 17 nitrogen and oxygen atoms in total. The van der Waals surface area contributed by atoms with Crippen LogP contribution in [0.3, 0.4) is 0 Å². The summed E-state index contributed by atoms with van der Waals surface area (Å²) in [6, 6.07) is 0.